The van der Waals surface area contributed by atoms with Crippen LogP contribution in [0.2, 0.25) is 0 Å². The Morgan fingerprint density at radius 2 is 2.08 bits per heavy atom. The molecule has 1 atom stereocenters. The summed E-state index contributed by atoms with van der Waals surface area (Å²) < 4.78 is 16.4. The van der Waals surface area contributed by atoms with Gasteiger partial charge in [-0.3, -0.25) is 9.69 Å². The van der Waals surface area contributed by atoms with Gasteiger partial charge in [0.15, 0.2) is 5.78 Å². The van der Waals surface area contributed by atoms with Crippen molar-refractivity contribution >= 4 is 5.78 Å². The molecule has 1 N–H and O–H groups in total. The lowest BCUT2D eigenvalue weighted by atomic mass is 9.89. The maximum atomic E-state index is 12.8. The van der Waals surface area contributed by atoms with Crippen molar-refractivity contribution in [3.8, 4) is 0 Å². The first-order valence-electron chi connectivity index (χ1n) is 8.67. The number of rotatable bonds is 8. The fraction of sp³-hybridized carbons (Fsp3) is 0.778. The molecular weight excluding hydrogens is 324 g/mol. The van der Waals surface area contributed by atoms with Crippen molar-refractivity contribution in [2.24, 2.45) is 0 Å². The first-order chi connectivity index (χ1) is 11.7. The van der Waals surface area contributed by atoms with Crippen LogP contribution in [0.3, 0.4) is 0 Å². The minimum absolute atomic E-state index is 0.0203. The van der Waals surface area contributed by atoms with Gasteiger partial charge in [-0.15, -0.1) is 0 Å². The molecule has 1 fully saturated rings. The number of nitrogens with zero attached hydrogens (tertiary/aromatic N) is 2. The third kappa shape index (κ3) is 4.88. The maximum absolute atomic E-state index is 12.8. The lowest BCUT2D eigenvalue weighted by molar-refractivity contribution is -0.133. The predicted octanol–water partition coefficient (Wildman–Crippen LogP) is 1.18. The standard InChI is InChI=1S/C18H30N2O5/c1-17(2,12-21)15-8-13(25-19-15)9-16(22)18(3,4)20(5)10-14-11-23-6-7-24-14/h8,14,21H,6-7,9-12H2,1-5H3/t14-/m0/s1. The molecule has 1 aromatic rings. The van der Waals surface area contributed by atoms with E-state index in [1.54, 1.807) is 6.07 Å². The van der Waals surface area contributed by atoms with Crippen LogP contribution in [0, 0.1) is 0 Å². The van der Waals surface area contributed by atoms with Crippen LogP contribution in [0.5, 0.6) is 0 Å². The maximum Gasteiger partial charge on any atom is 0.160 e. The molecule has 0 amide bonds. The minimum Gasteiger partial charge on any atom is -0.395 e. The van der Waals surface area contributed by atoms with E-state index in [4.69, 9.17) is 14.0 Å². The van der Waals surface area contributed by atoms with Crippen LogP contribution >= 0.6 is 0 Å². The average Bonchev–Trinajstić information content (AvgIpc) is 3.05. The molecule has 1 saturated heterocycles. The molecule has 0 aromatic carbocycles. The smallest absolute Gasteiger partial charge is 0.160 e. The van der Waals surface area contributed by atoms with Gasteiger partial charge in [0, 0.05) is 18.0 Å². The van der Waals surface area contributed by atoms with Crippen molar-refractivity contribution in [2.45, 2.75) is 51.2 Å². The number of aliphatic hydroxyl groups is 1. The summed E-state index contributed by atoms with van der Waals surface area (Å²) in [4.78, 5) is 14.8. The highest BCUT2D eigenvalue weighted by molar-refractivity contribution is 5.89. The predicted molar refractivity (Wildman–Crippen MR) is 92.6 cm³/mol. The Hall–Kier alpha value is -1.28. The Kier molecular flexibility index (Phi) is 6.37. The van der Waals surface area contributed by atoms with Gasteiger partial charge in [-0.25, -0.2) is 0 Å². The number of carbonyl (C=O) groups excluding carboxylic acids is 1. The molecule has 7 heteroatoms. The average molecular weight is 354 g/mol. The molecule has 25 heavy (non-hydrogen) atoms. The van der Waals surface area contributed by atoms with Crippen molar-refractivity contribution < 1.29 is 23.9 Å². The highest BCUT2D eigenvalue weighted by atomic mass is 16.6. The van der Waals surface area contributed by atoms with E-state index >= 15 is 0 Å². The van der Waals surface area contributed by atoms with Crippen molar-refractivity contribution in [3.05, 3.63) is 17.5 Å². The van der Waals surface area contributed by atoms with Crippen LogP contribution in [0.15, 0.2) is 10.6 Å². The Labute approximate surface area is 149 Å². The number of aliphatic hydroxyl groups excluding tert-OH is 1. The van der Waals surface area contributed by atoms with E-state index in [0.717, 1.165) is 0 Å². The second-order valence-electron chi connectivity index (χ2n) is 7.83. The molecule has 142 valence electrons. The number of ketones is 1. The topological polar surface area (TPSA) is 85.0 Å². The van der Waals surface area contributed by atoms with Crippen molar-refractivity contribution in [2.75, 3.05) is 40.0 Å². The number of likely N-dealkylation sites (N-methyl/N-ethyl adjacent to an activating group) is 1. The van der Waals surface area contributed by atoms with E-state index in [-0.39, 0.29) is 24.9 Å². The van der Waals surface area contributed by atoms with Gasteiger partial charge in [0.1, 0.15) is 5.76 Å². The molecule has 2 rings (SSSR count). The van der Waals surface area contributed by atoms with Gasteiger partial charge < -0.3 is 19.1 Å². The second-order valence-corrected chi connectivity index (χ2v) is 7.83. The third-order valence-electron chi connectivity index (χ3n) is 4.98. The number of carbonyl (C=O) groups is 1. The van der Waals surface area contributed by atoms with Gasteiger partial charge in [0.25, 0.3) is 0 Å². The Bertz CT molecular complexity index is 576. The minimum atomic E-state index is -0.666. The second kappa shape index (κ2) is 7.95. The molecule has 0 spiro atoms. The number of hydrogen-bond donors (Lipinski definition) is 1. The third-order valence-corrected chi connectivity index (χ3v) is 4.98. The Balaban J connectivity index is 1.98. The molecule has 0 radical (unpaired) electrons. The first kappa shape index (κ1) is 20.0. The molecule has 1 aliphatic heterocycles. The lowest BCUT2D eigenvalue weighted by Gasteiger charge is -2.37. The normalized spacial score (nSPS) is 19.4. The number of aromatic nitrogens is 1. The fourth-order valence-corrected chi connectivity index (χ4v) is 2.56. The summed E-state index contributed by atoms with van der Waals surface area (Å²) in [5.41, 5.74) is -0.507. The van der Waals surface area contributed by atoms with E-state index in [0.29, 0.717) is 37.8 Å². The van der Waals surface area contributed by atoms with Crippen LogP contribution in [-0.2, 0) is 26.1 Å². The summed E-state index contributed by atoms with van der Waals surface area (Å²) in [5.74, 6) is 0.552. The molecule has 0 unspecified atom stereocenters. The quantitative estimate of drug-likeness (QED) is 0.750. The lowest BCUT2D eigenvalue weighted by Crippen LogP contribution is -2.52. The molecule has 0 saturated carbocycles. The van der Waals surface area contributed by atoms with E-state index in [9.17, 15) is 9.90 Å². The first-order valence-corrected chi connectivity index (χ1v) is 8.67. The van der Waals surface area contributed by atoms with E-state index in [2.05, 4.69) is 5.16 Å². The van der Waals surface area contributed by atoms with Crippen molar-refractivity contribution in [3.63, 3.8) is 0 Å². The van der Waals surface area contributed by atoms with Crippen molar-refractivity contribution in [1.82, 2.24) is 10.1 Å². The zero-order chi connectivity index (χ0) is 18.7. The largest absolute Gasteiger partial charge is 0.395 e. The van der Waals surface area contributed by atoms with Gasteiger partial charge in [0.2, 0.25) is 0 Å². The highest BCUT2D eigenvalue weighted by Gasteiger charge is 2.35. The van der Waals surface area contributed by atoms with E-state index in [1.165, 1.54) is 0 Å². The summed E-state index contributed by atoms with van der Waals surface area (Å²) in [5, 5.41) is 13.4. The van der Waals surface area contributed by atoms with Gasteiger partial charge in [-0.05, 0) is 20.9 Å². The van der Waals surface area contributed by atoms with Crippen LogP contribution in [0.1, 0.15) is 39.1 Å². The van der Waals surface area contributed by atoms with Gasteiger partial charge in [-0.2, -0.15) is 0 Å². The van der Waals surface area contributed by atoms with Crippen LogP contribution in [-0.4, -0.2) is 72.6 Å². The zero-order valence-electron chi connectivity index (χ0n) is 15.9. The highest BCUT2D eigenvalue weighted by Crippen LogP contribution is 2.24. The summed E-state index contributed by atoms with van der Waals surface area (Å²) >= 11 is 0. The SMILES string of the molecule is CN(C[C@H]1COCCO1)C(C)(C)C(=O)Cc1cc(C(C)(C)CO)no1. The van der Waals surface area contributed by atoms with Gasteiger partial charge in [0.05, 0.1) is 50.2 Å². The summed E-state index contributed by atoms with van der Waals surface area (Å²) in [6.07, 6.45) is 0.140. The molecule has 1 aromatic heterocycles. The zero-order valence-corrected chi connectivity index (χ0v) is 15.9. The number of hydrogen-bond acceptors (Lipinski definition) is 7. The van der Waals surface area contributed by atoms with Gasteiger partial charge in [-0.1, -0.05) is 19.0 Å². The Morgan fingerprint density at radius 1 is 1.36 bits per heavy atom. The molecule has 0 aliphatic carbocycles. The van der Waals surface area contributed by atoms with E-state index in [1.807, 2.05) is 39.6 Å². The molecule has 7 nitrogen and oxygen atoms in total. The monoisotopic (exact) mass is 354 g/mol. The summed E-state index contributed by atoms with van der Waals surface area (Å²) in [6, 6.07) is 1.75. The van der Waals surface area contributed by atoms with Crippen LogP contribution < -0.4 is 0 Å². The molecule has 1 aliphatic rings. The summed E-state index contributed by atoms with van der Waals surface area (Å²) in [7, 11) is 1.91. The molecule has 2 heterocycles. The summed E-state index contributed by atoms with van der Waals surface area (Å²) in [6.45, 7) is 9.90. The van der Waals surface area contributed by atoms with Crippen LogP contribution in [0.25, 0.3) is 0 Å². The number of Topliss-reactive ketones (excluding diaryl/α,β-unsaturated/α-hetero) is 1. The fourth-order valence-electron chi connectivity index (χ4n) is 2.56. The van der Waals surface area contributed by atoms with Crippen LogP contribution in [0.4, 0.5) is 0 Å². The van der Waals surface area contributed by atoms with E-state index < -0.39 is 11.0 Å². The van der Waals surface area contributed by atoms with Crippen molar-refractivity contribution in [1.29, 1.82) is 0 Å². The molecular formula is C18H30N2O5. The molecule has 0 bridgehead atoms. The van der Waals surface area contributed by atoms with Gasteiger partial charge >= 0.3 is 0 Å². The Morgan fingerprint density at radius 3 is 2.68 bits per heavy atom. The number of ether oxygens (including phenoxy) is 2.